The first-order valence-electron chi connectivity index (χ1n) is 10.2. The highest BCUT2D eigenvalue weighted by Gasteiger charge is 2.15. The molecule has 0 radical (unpaired) electrons. The second kappa shape index (κ2) is 10.4. The van der Waals surface area contributed by atoms with Crippen molar-refractivity contribution in [1.29, 1.82) is 0 Å². The minimum Gasteiger partial charge on any atom is -0.422 e. The molecule has 172 valence electrons. The van der Waals surface area contributed by atoms with Crippen LogP contribution >= 0.6 is 27.3 Å². The summed E-state index contributed by atoms with van der Waals surface area (Å²) in [7, 11) is 0. The molecule has 0 spiro atoms. The highest BCUT2D eigenvalue weighted by molar-refractivity contribution is 9.10. The molecule has 0 saturated carbocycles. The summed E-state index contributed by atoms with van der Waals surface area (Å²) in [5.74, 6) is -1.12. The van der Waals surface area contributed by atoms with E-state index in [1.165, 1.54) is 17.4 Å². The van der Waals surface area contributed by atoms with Gasteiger partial charge >= 0.3 is 5.63 Å². The van der Waals surface area contributed by atoms with Crippen LogP contribution in [0.2, 0.25) is 0 Å². The van der Waals surface area contributed by atoms with E-state index >= 15 is 0 Å². The molecule has 8 nitrogen and oxygen atoms in total. The van der Waals surface area contributed by atoms with E-state index in [2.05, 4.69) is 31.9 Å². The maximum Gasteiger partial charge on any atom is 0.349 e. The van der Waals surface area contributed by atoms with Crippen LogP contribution in [0.15, 0.2) is 79.7 Å². The second-order valence-electron chi connectivity index (χ2n) is 7.15. The van der Waals surface area contributed by atoms with Crippen molar-refractivity contribution in [3.05, 3.63) is 96.9 Å². The molecule has 0 aliphatic carbocycles. The van der Waals surface area contributed by atoms with Gasteiger partial charge in [0.2, 0.25) is 0 Å². The zero-order valence-corrected chi connectivity index (χ0v) is 20.0. The number of rotatable bonds is 7. The number of hydrogen-bond donors (Lipinski definition) is 3. The maximum atomic E-state index is 12.6. The SMILES string of the molecule is O=C(NCCNC(=O)c1cccs1)c1ccc(NC(=O)c2cc3cc(Br)ccc3oc2=O)cc1. The van der Waals surface area contributed by atoms with Gasteiger partial charge in [-0.1, -0.05) is 22.0 Å². The van der Waals surface area contributed by atoms with Crippen molar-refractivity contribution in [1.82, 2.24) is 10.6 Å². The van der Waals surface area contributed by atoms with Gasteiger partial charge in [-0.25, -0.2) is 4.79 Å². The summed E-state index contributed by atoms with van der Waals surface area (Å²) in [6.07, 6.45) is 0. The Labute approximate surface area is 206 Å². The first-order chi connectivity index (χ1) is 16.4. The molecule has 2 aromatic heterocycles. The monoisotopic (exact) mass is 539 g/mol. The predicted octanol–water partition coefficient (Wildman–Crippen LogP) is 4.03. The molecular formula is C24H18BrN3O5S. The molecule has 0 fully saturated rings. The number of hydrogen-bond acceptors (Lipinski definition) is 6. The quantitative estimate of drug-likeness (QED) is 0.242. The third kappa shape index (κ3) is 5.59. The average molecular weight is 540 g/mol. The van der Waals surface area contributed by atoms with Gasteiger partial charge in [-0.05, 0) is 60.0 Å². The molecule has 0 atom stereocenters. The van der Waals surface area contributed by atoms with Gasteiger partial charge in [0.15, 0.2) is 0 Å². The van der Waals surface area contributed by atoms with Gasteiger partial charge in [-0.3, -0.25) is 14.4 Å². The van der Waals surface area contributed by atoms with Crippen LogP contribution < -0.4 is 21.6 Å². The van der Waals surface area contributed by atoms with Gasteiger partial charge in [0, 0.05) is 34.2 Å². The van der Waals surface area contributed by atoms with Gasteiger partial charge in [0.1, 0.15) is 11.1 Å². The Morgan fingerprint density at radius 2 is 1.62 bits per heavy atom. The molecule has 4 aromatic rings. The molecule has 2 heterocycles. The fraction of sp³-hybridized carbons (Fsp3) is 0.0833. The van der Waals surface area contributed by atoms with Crippen molar-refractivity contribution in [3.8, 4) is 0 Å². The van der Waals surface area contributed by atoms with Crippen LogP contribution in [0.25, 0.3) is 11.0 Å². The van der Waals surface area contributed by atoms with Crippen molar-refractivity contribution in [2.75, 3.05) is 18.4 Å². The van der Waals surface area contributed by atoms with Crippen LogP contribution in [-0.4, -0.2) is 30.8 Å². The first kappa shape index (κ1) is 23.4. The van der Waals surface area contributed by atoms with Crippen LogP contribution in [0.5, 0.6) is 0 Å². The number of carbonyl (C=O) groups is 3. The lowest BCUT2D eigenvalue weighted by molar-refractivity contribution is 0.0929. The normalized spacial score (nSPS) is 10.6. The van der Waals surface area contributed by atoms with Crippen molar-refractivity contribution >= 4 is 61.6 Å². The Hall–Kier alpha value is -3.76. The van der Waals surface area contributed by atoms with Gasteiger partial charge in [0.05, 0.1) is 4.88 Å². The molecule has 3 amide bonds. The number of halogens is 1. The lowest BCUT2D eigenvalue weighted by Crippen LogP contribution is -2.34. The van der Waals surface area contributed by atoms with Crippen LogP contribution in [0.4, 0.5) is 5.69 Å². The van der Waals surface area contributed by atoms with Crippen molar-refractivity contribution in [2.45, 2.75) is 0 Å². The van der Waals surface area contributed by atoms with E-state index in [-0.39, 0.29) is 23.9 Å². The van der Waals surface area contributed by atoms with Gasteiger partial charge in [-0.2, -0.15) is 0 Å². The molecule has 2 aromatic carbocycles. The van der Waals surface area contributed by atoms with E-state index in [0.29, 0.717) is 33.6 Å². The fourth-order valence-electron chi connectivity index (χ4n) is 3.10. The van der Waals surface area contributed by atoms with Crippen LogP contribution in [0.3, 0.4) is 0 Å². The Morgan fingerprint density at radius 3 is 2.32 bits per heavy atom. The molecule has 0 aliphatic rings. The number of anilines is 1. The third-order valence-electron chi connectivity index (χ3n) is 4.78. The molecule has 4 rings (SSSR count). The number of amides is 3. The van der Waals surface area contributed by atoms with Crippen molar-refractivity contribution in [2.24, 2.45) is 0 Å². The average Bonchev–Trinajstić information content (AvgIpc) is 3.37. The van der Waals surface area contributed by atoms with E-state index in [1.807, 2.05) is 5.38 Å². The summed E-state index contributed by atoms with van der Waals surface area (Å²) in [6, 6.07) is 16.3. The molecular weight excluding hydrogens is 522 g/mol. The highest BCUT2D eigenvalue weighted by Crippen LogP contribution is 2.20. The second-order valence-corrected chi connectivity index (χ2v) is 9.01. The van der Waals surface area contributed by atoms with E-state index in [4.69, 9.17) is 4.42 Å². The molecule has 34 heavy (non-hydrogen) atoms. The van der Waals surface area contributed by atoms with Gasteiger partial charge in [-0.15, -0.1) is 11.3 Å². The number of carbonyl (C=O) groups excluding carboxylic acids is 3. The standard InChI is InChI=1S/C24H18BrN3O5S/c25-16-5-8-19-15(12-16)13-18(24(32)33-19)22(30)28-17-6-3-14(4-7-17)21(29)26-9-10-27-23(31)20-2-1-11-34-20/h1-8,11-13H,9-10H2,(H,26,29)(H,27,31)(H,28,30). The summed E-state index contributed by atoms with van der Waals surface area (Å²) in [4.78, 5) is 49.6. The Bertz CT molecular complexity index is 1420. The molecule has 0 saturated heterocycles. The number of thiophene rings is 1. The van der Waals surface area contributed by atoms with Gasteiger partial charge in [0.25, 0.3) is 17.7 Å². The minimum absolute atomic E-state index is 0.128. The molecule has 0 bridgehead atoms. The summed E-state index contributed by atoms with van der Waals surface area (Å²) in [6.45, 7) is 0.559. The van der Waals surface area contributed by atoms with E-state index in [1.54, 1.807) is 54.6 Å². The van der Waals surface area contributed by atoms with E-state index in [0.717, 1.165) is 4.47 Å². The fourth-order valence-corrected chi connectivity index (χ4v) is 4.12. The zero-order valence-electron chi connectivity index (χ0n) is 17.6. The van der Waals surface area contributed by atoms with Crippen LogP contribution in [-0.2, 0) is 0 Å². The summed E-state index contributed by atoms with van der Waals surface area (Å²) in [5.41, 5.74) is 0.314. The molecule has 0 unspecified atom stereocenters. The lowest BCUT2D eigenvalue weighted by atomic mass is 10.1. The lowest BCUT2D eigenvalue weighted by Gasteiger charge is -2.08. The number of nitrogens with one attached hydrogen (secondary N) is 3. The van der Waals surface area contributed by atoms with Crippen LogP contribution in [0, 0.1) is 0 Å². The zero-order chi connectivity index (χ0) is 24.1. The molecule has 10 heteroatoms. The summed E-state index contributed by atoms with van der Waals surface area (Å²) < 4.78 is 6.01. The number of fused-ring (bicyclic) bond motifs is 1. The number of benzene rings is 2. The van der Waals surface area contributed by atoms with Crippen molar-refractivity contribution < 1.29 is 18.8 Å². The van der Waals surface area contributed by atoms with E-state index < -0.39 is 11.5 Å². The van der Waals surface area contributed by atoms with Crippen molar-refractivity contribution in [3.63, 3.8) is 0 Å². The molecule has 3 N–H and O–H groups in total. The van der Waals surface area contributed by atoms with Crippen LogP contribution in [0.1, 0.15) is 30.4 Å². The summed E-state index contributed by atoms with van der Waals surface area (Å²) in [5, 5.41) is 10.5. The summed E-state index contributed by atoms with van der Waals surface area (Å²) >= 11 is 4.69. The largest absolute Gasteiger partial charge is 0.422 e. The smallest absolute Gasteiger partial charge is 0.349 e. The molecule has 0 aliphatic heterocycles. The Balaban J connectivity index is 1.32. The topological polar surface area (TPSA) is 118 Å². The minimum atomic E-state index is -0.741. The highest BCUT2D eigenvalue weighted by atomic mass is 79.9. The first-order valence-corrected chi connectivity index (χ1v) is 11.8. The Morgan fingerprint density at radius 1 is 0.882 bits per heavy atom. The van der Waals surface area contributed by atoms with Gasteiger partial charge < -0.3 is 20.4 Å². The maximum absolute atomic E-state index is 12.6. The third-order valence-corrected chi connectivity index (χ3v) is 6.15. The Kier molecular flexibility index (Phi) is 7.19. The predicted molar refractivity (Wildman–Crippen MR) is 134 cm³/mol. The van der Waals surface area contributed by atoms with E-state index in [9.17, 15) is 19.2 Å².